The molecule has 0 radical (unpaired) electrons. The molecule has 0 heterocycles. The fourth-order valence-electron chi connectivity index (χ4n) is 3.43. The highest BCUT2D eigenvalue weighted by molar-refractivity contribution is 9.10. The Morgan fingerprint density at radius 3 is 2.12 bits per heavy atom. The third kappa shape index (κ3) is 8.53. The molecule has 0 saturated heterocycles. The number of halogens is 1. The maximum Gasteiger partial charge on any atom is 0.340 e. The lowest BCUT2D eigenvalue weighted by Gasteiger charge is -2.29. The van der Waals surface area contributed by atoms with Gasteiger partial charge in [-0.25, -0.2) is 9.59 Å². The molecule has 3 amide bonds. The SMILES string of the molecule is CC(C)C[C@H](NC(=O)Nc1ccc(Br)cc1)C(=O)NOC(=O)[C@H](c1ccccc1)C(C)(C)C. The first-order chi connectivity index (χ1) is 15.5. The number of benzene rings is 2. The number of nitrogens with one attached hydrogen (secondary N) is 3. The fourth-order valence-corrected chi connectivity index (χ4v) is 3.69. The number of hydrogen-bond acceptors (Lipinski definition) is 4. The molecular weight excluding hydrogens is 486 g/mol. The van der Waals surface area contributed by atoms with Crippen LogP contribution in [0.1, 0.15) is 52.5 Å². The molecule has 0 unspecified atom stereocenters. The topological polar surface area (TPSA) is 96.5 Å². The lowest BCUT2D eigenvalue weighted by Crippen LogP contribution is -2.49. The maximum absolute atomic E-state index is 12.9. The molecular formula is C25H32BrN3O4. The summed E-state index contributed by atoms with van der Waals surface area (Å²) in [7, 11) is 0. The maximum atomic E-state index is 12.9. The molecule has 33 heavy (non-hydrogen) atoms. The summed E-state index contributed by atoms with van der Waals surface area (Å²) in [5.74, 6) is -1.61. The third-order valence-corrected chi connectivity index (χ3v) is 5.45. The van der Waals surface area contributed by atoms with E-state index >= 15 is 0 Å². The van der Waals surface area contributed by atoms with Crippen molar-refractivity contribution in [3.05, 3.63) is 64.6 Å². The third-order valence-electron chi connectivity index (χ3n) is 4.92. The van der Waals surface area contributed by atoms with Gasteiger partial charge in [0.05, 0.1) is 5.92 Å². The van der Waals surface area contributed by atoms with Crippen molar-refractivity contribution in [1.82, 2.24) is 10.8 Å². The molecule has 2 rings (SSSR count). The Balaban J connectivity index is 2.03. The summed E-state index contributed by atoms with van der Waals surface area (Å²) in [5.41, 5.74) is 3.21. The van der Waals surface area contributed by atoms with E-state index in [2.05, 4.69) is 32.0 Å². The lowest BCUT2D eigenvalue weighted by atomic mass is 9.76. The number of rotatable bonds is 7. The van der Waals surface area contributed by atoms with Crippen molar-refractivity contribution in [2.75, 3.05) is 5.32 Å². The van der Waals surface area contributed by atoms with Gasteiger partial charge in [-0.15, -0.1) is 0 Å². The van der Waals surface area contributed by atoms with Crippen molar-refractivity contribution in [3.8, 4) is 0 Å². The molecule has 0 aliphatic rings. The van der Waals surface area contributed by atoms with Crippen LogP contribution < -0.4 is 16.1 Å². The number of carbonyl (C=O) groups is 3. The molecule has 178 valence electrons. The zero-order valence-electron chi connectivity index (χ0n) is 19.6. The van der Waals surface area contributed by atoms with Gasteiger partial charge in [-0.3, -0.25) is 4.79 Å². The van der Waals surface area contributed by atoms with Crippen LogP contribution >= 0.6 is 15.9 Å². The van der Waals surface area contributed by atoms with E-state index < -0.39 is 35.3 Å². The number of urea groups is 1. The van der Waals surface area contributed by atoms with E-state index in [9.17, 15) is 14.4 Å². The van der Waals surface area contributed by atoms with Crippen LogP contribution in [0, 0.1) is 11.3 Å². The normalized spacial score (nSPS) is 13.1. The average molecular weight is 518 g/mol. The van der Waals surface area contributed by atoms with Crippen LogP contribution in [-0.4, -0.2) is 23.9 Å². The number of anilines is 1. The van der Waals surface area contributed by atoms with E-state index in [1.54, 1.807) is 24.3 Å². The van der Waals surface area contributed by atoms with Gasteiger partial charge < -0.3 is 15.5 Å². The van der Waals surface area contributed by atoms with Gasteiger partial charge in [0.15, 0.2) is 0 Å². The Labute approximate surface area is 203 Å². The summed E-state index contributed by atoms with van der Waals surface area (Å²) in [6, 6.07) is 15.0. The van der Waals surface area contributed by atoms with Gasteiger partial charge in [0.1, 0.15) is 6.04 Å². The van der Waals surface area contributed by atoms with Gasteiger partial charge in [-0.05, 0) is 47.6 Å². The van der Waals surface area contributed by atoms with E-state index in [0.717, 1.165) is 10.0 Å². The molecule has 0 aromatic heterocycles. The van der Waals surface area contributed by atoms with Gasteiger partial charge in [0.2, 0.25) is 0 Å². The Morgan fingerprint density at radius 2 is 1.58 bits per heavy atom. The van der Waals surface area contributed by atoms with Gasteiger partial charge in [0, 0.05) is 10.2 Å². The van der Waals surface area contributed by atoms with Crippen molar-refractivity contribution < 1.29 is 19.2 Å². The molecule has 0 saturated carbocycles. The second-order valence-corrected chi connectivity index (χ2v) is 10.3. The van der Waals surface area contributed by atoms with E-state index in [1.807, 2.05) is 65.0 Å². The minimum Gasteiger partial charge on any atom is -0.340 e. The van der Waals surface area contributed by atoms with Crippen LogP contribution in [0.25, 0.3) is 0 Å². The van der Waals surface area contributed by atoms with Crippen molar-refractivity contribution in [2.45, 2.75) is 53.0 Å². The largest absolute Gasteiger partial charge is 0.340 e. The highest BCUT2D eigenvalue weighted by Crippen LogP contribution is 2.35. The van der Waals surface area contributed by atoms with Gasteiger partial charge >= 0.3 is 12.0 Å². The van der Waals surface area contributed by atoms with Gasteiger partial charge in [-0.1, -0.05) is 80.9 Å². The first kappa shape index (κ1) is 26.4. The monoisotopic (exact) mass is 517 g/mol. The van der Waals surface area contributed by atoms with Crippen molar-refractivity contribution in [3.63, 3.8) is 0 Å². The molecule has 0 aliphatic carbocycles. The van der Waals surface area contributed by atoms with E-state index in [0.29, 0.717) is 12.1 Å². The summed E-state index contributed by atoms with van der Waals surface area (Å²) in [6.45, 7) is 9.67. The van der Waals surface area contributed by atoms with Crippen molar-refractivity contribution in [2.24, 2.45) is 11.3 Å². The second-order valence-electron chi connectivity index (χ2n) is 9.38. The predicted molar refractivity (Wildman–Crippen MR) is 132 cm³/mol. The summed E-state index contributed by atoms with van der Waals surface area (Å²) in [5, 5.41) is 5.35. The lowest BCUT2D eigenvalue weighted by molar-refractivity contribution is -0.162. The first-order valence-corrected chi connectivity index (χ1v) is 11.6. The zero-order chi connectivity index (χ0) is 24.6. The molecule has 2 atom stereocenters. The van der Waals surface area contributed by atoms with Crippen LogP contribution in [0.2, 0.25) is 0 Å². The Kier molecular flexibility index (Phi) is 9.46. The Bertz CT molecular complexity index is 940. The molecule has 2 aromatic rings. The molecule has 0 aliphatic heterocycles. The van der Waals surface area contributed by atoms with Crippen LogP contribution in [0.5, 0.6) is 0 Å². The van der Waals surface area contributed by atoms with Crippen LogP contribution in [0.15, 0.2) is 59.1 Å². The summed E-state index contributed by atoms with van der Waals surface area (Å²) in [4.78, 5) is 43.3. The van der Waals surface area contributed by atoms with E-state index in [1.165, 1.54) is 0 Å². The summed E-state index contributed by atoms with van der Waals surface area (Å²) in [6.07, 6.45) is 0.374. The summed E-state index contributed by atoms with van der Waals surface area (Å²) < 4.78 is 0.886. The quantitative estimate of drug-likeness (QED) is 0.429. The predicted octanol–water partition coefficient (Wildman–Crippen LogP) is 5.39. The number of carbonyl (C=O) groups excluding carboxylic acids is 3. The van der Waals surface area contributed by atoms with Gasteiger partial charge in [-0.2, -0.15) is 5.48 Å². The van der Waals surface area contributed by atoms with Crippen molar-refractivity contribution >= 4 is 39.5 Å². The Morgan fingerprint density at radius 1 is 0.970 bits per heavy atom. The molecule has 3 N–H and O–H groups in total. The second kappa shape index (κ2) is 11.8. The number of amides is 3. The van der Waals surface area contributed by atoms with Crippen LogP contribution in [-0.2, 0) is 14.4 Å². The Hall–Kier alpha value is -2.87. The summed E-state index contributed by atoms with van der Waals surface area (Å²) >= 11 is 3.34. The fraction of sp³-hybridized carbons (Fsp3) is 0.400. The smallest absolute Gasteiger partial charge is 0.340 e. The minimum atomic E-state index is -0.877. The number of hydroxylamine groups is 1. The van der Waals surface area contributed by atoms with Gasteiger partial charge in [0.25, 0.3) is 5.91 Å². The average Bonchev–Trinajstić information content (AvgIpc) is 2.72. The van der Waals surface area contributed by atoms with Crippen LogP contribution in [0.3, 0.4) is 0 Å². The van der Waals surface area contributed by atoms with E-state index in [-0.39, 0.29) is 5.92 Å². The molecule has 0 fully saturated rings. The van der Waals surface area contributed by atoms with Crippen LogP contribution in [0.4, 0.5) is 10.5 Å². The van der Waals surface area contributed by atoms with E-state index in [4.69, 9.17) is 4.84 Å². The van der Waals surface area contributed by atoms with Crippen molar-refractivity contribution in [1.29, 1.82) is 0 Å². The number of hydrogen-bond donors (Lipinski definition) is 3. The minimum absolute atomic E-state index is 0.121. The zero-order valence-corrected chi connectivity index (χ0v) is 21.2. The first-order valence-electron chi connectivity index (χ1n) is 10.9. The highest BCUT2D eigenvalue weighted by atomic mass is 79.9. The molecule has 7 nitrogen and oxygen atoms in total. The highest BCUT2D eigenvalue weighted by Gasteiger charge is 2.35. The molecule has 2 aromatic carbocycles. The molecule has 8 heteroatoms. The molecule has 0 spiro atoms. The standard InChI is InChI=1S/C25H32BrN3O4/c1-16(2)15-20(28-24(32)27-19-13-11-18(26)12-14-19)22(30)29-33-23(31)21(25(3,4)5)17-9-7-6-8-10-17/h6-14,16,20-21H,15H2,1-5H3,(H,29,30)(H2,27,28,32)/t20-,21-/m0/s1. The molecule has 0 bridgehead atoms.